The topological polar surface area (TPSA) is 68.8 Å². The maximum absolute atomic E-state index is 13.2. The monoisotopic (exact) mass is 533 g/mol. The summed E-state index contributed by atoms with van der Waals surface area (Å²) in [6.07, 6.45) is 3.84. The third-order valence-corrected chi connectivity index (χ3v) is 5.12. The van der Waals surface area contributed by atoms with Crippen molar-refractivity contribution in [2.45, 2.75) is 39.5 Å². The second-order valence-electron chi connectivity index (χ2n) is 7.72. The SMILES string of the molecule is CCNC(=NCCCN1CCC(C)CC1)NCCNC(=O)Cc1cccc(F)c1.I. The van der Waals surface area contributed by atoms with Crippen LogP contribution in [0.4, 0.5) is 4.39 Å². The second kappa shape index (κ2) is 15.4. The summed E-state index contributed by atoms with van der Waals surface area (Å²) in [7, 11) is 0. The molecular formula is C22H37FIN5O. The molecule has 0 bridgehead atoms. The van der Waals surface area contributed by atoms with Crippen LogP contribution < -0.4 is 16.0 Å². The van der Waals surface area contributed by atoms with Gasteiger partial charge in [-0.25, -0.2) is 4.39 Å². The summed E-state index contributed by atoms with van der Waals surface area (Å²) in [5.41, 5.74) is 0.675. The molecule has 8 heteroatoms. The number of hydrogen-bond donors (Lipinski definition) is 3. The molecule has 0 atom stereocenters. The van der Waals surface area contributed by atoms with Gasteiger partial charge in [0.1, 0.15) is 5.82 Å². The standard InChI is InChI=1S/C22H36FN5O.HI/c1-3-24-22(26-10-5-13-28-14-8-18(2)9-15-28)27-12-11-25-21(29)17-19-6-4-7-20(23)16-19;/h4,6-7,16,18H,3,5,8-15,17H2,1-2H3,(H,25,29)(H2,24,26,27);1H. The van der Waals surface area contributed by atoms with Crippen molar-refractivity contribution in [3.63, 3.8) is 0 Å². The van der Waals surface area contributed by atoms with E-state index in [4.69, 9.17) is 0 Å². The third kappa shape index (κ3) is 11.1. The maximum Gasteiger partial charge on any atom is 0.224 e. The minimum absolute atomic E-state index is 0. The Hall–Kier alpha value is -1.42. The Morgan fingerprint density at radius 3 is 2.63 bits per heavy atom. The molecule has 170 valence electrons. The summed E-state index contributed by atoms with van der Waals surface area (Å²) in [5.74, 6) is 1.20. The molecule has 0 unspecified atom stereocenters. The average Bonchev–Trinajstić information content (AvgIpc) is 2.69. The van der Waals surface area contributed by atoms with Gasteiger partial charge in [0, 0.05) is 26.2 Å². The fourth-order valence-corrected chi connectivity index (χ4v) is 3.39. The van der Waals surface area contributed by atoms with Crippen LogP contribution >= 0.6 is 24.0 Å². The van der Waals surface area contributed by atoms with Gasteiger partial charge in [-0.3, -0.25) is 9.79 Å². The predicted molar refractivity (Wildman–Crippen MR) is 132 cm³/mol. The highest BCUT2D eigenvalue weighted by Gasteiger charge is 2.14. The first-order valence-corrected chi connectivity index (χ1v) is 10.8. The average molecular weight is 533 g/mol. The van der Waals surface area contributed by atoms with Crippen molar-refractivity contribution in [1.82, 2.24) is 20.9 Å². The molecule has 30 heavy (non-hydrogen) atoms. The number of nitrogens with one attached hydrogen (secondary N) is 3. The van der Waals surface area contributed by atoms with E-state index in [1.54, 1.807) is 12.1 Å². The van der Waals surface area contributed by atoms with Crippen LogP contribution in [-0.4, -0.2) is 62.6 Å². The Balaban J connectivity index is 0.00000450. The lowest BCUT2D eigenvalue weighted by Crippen LogP contribution is -2.42. The van der Waals surface area contributed by atoms with Gasteiger partial charge in [0.05, 0.1) is 6.42 Å². The summed E-state index contributed by atoms with van der Waals surface area (Å²) in [6.45, 7) is 10.5. The number of guanidine groups is 1. The first kappa shape index (κ1) is 26.6. The fourth-order valence-electron chi connectivity index (χ4n) is 3.39. The number of piperidine rings is 1. The number of rotatable bonds is 10. The van der Waals surface area contributed by atoms with Gasteiger partial charge in [0.2, 0.25) is 5.91 Å². The van der Waals surface area contributed by atoms with Crippen LogP contribution in [0.15, 0.2) is 29.3 Å². The molecule has 1 aliphatic rings. The third-order valence-electron chi connectivity index (χ3n) is 5.12. The number of likely N-dealkylation sites (tertiary alicyclic amines) is 1. The predicted octanol–water partition coefficient (Wildman–Crippen LogP) is 2.78. The van der Waals surface area contributed by atoms with Crippen molar-refractivity contribution in [3.05, 3.63) is 35.6 Å². The zero-order valence-electron chi connectivity index (χ0n) is 18.3. The molecule has 2 rings (SSSR count). The second-order valence-corrected chi connectivity index (χ2v) is 7.72. The number of benzene rings is 1. The molecule has 1 saturated heterocycles. The number of nitrogens with zero attached hydrogens (tertiary/aromatic N) is 2. The quantitative estimate of drug-likeness (QED) is 0.187. The highest BCUT2D eigenvalue weighted by Crippen LogP contribution is 2.15. The van der Waals surface area contributed by atoms with E-state index < -0.39 is 0 Å². The smallest absolute Gasteiger partial charge is 0.224 e. The largest absolute Gasteiger partial charge is 0.357 e. The zero-order chi connectivity index (χ0) is 20.9. The number of aliphatic imine (C=N–C) groups is 1. The van der Waals surface area contributed by atoms with Gasteiger partial charge in [-0.15, -0.1) is 24.0 Å². The molecule has 0 aliphatic carbocycles. The lowest BCUT2D eigenvalue weighted by molar-refractivity contribution is -0.120. The van der Waals surface area contributed by atoms with E-state index >= 15 is 0 Å². The molecule has 1 aromatic rings. The summed E-state index contributed by atoms with van der Waals surface area (Å²) in [4.78, 5) is 19.1. The highest BCUT2D eigenvalue weighted by atomic mass is 127. The Morgan fingerprint density at radius 2 is 1.93 bits per heavy atom. The van der Waals surface area contributed by atoms with Gasteiger partial charge in [-0.1, -0.05) is 19.1 Å². The van der Waals surface area contributed by atoms with Crippen LogP contribution in [0.1, 0.15) is 38.7 Å². The van der Waals surface area contributed by atoms with E-state index in [2.05, 4.69) is 32.8 Å². The fraction of sp³-hybridized carbons (Fsp3) is 0.636. The van der Waals surface area contributed by atoms with Crippen molar-refractivity contribution in [3.8, 4) is 0 Å². The summed E-state index contributed by atoms with van der Waals surface area (Å²) >= 11 is 0. The molecule has 1 fully saturated rings. The minimum Gasteiger partial charge on any atom is -0.357 e. The summed E-state index contributed by atoms with van der Waals surface area (Å²) in [6, 6.07) is 6.13. The molecule has 6 nitrogen and oxygen atoms in total. The number of halogens is 2. The van der Waals surface area contributed by atoms with E-state index in [0.29, 0.717) is 18.7 Å². The zero-order valence-corrected chi connectivity index (χ0v) is 20.6. The van der Waals surface area contributed by atoms with Crippen LogP contribution in [-0.2, 0) is 11.2 Å². The number of hydrogen-bond acceptors (Lipinski definition) is 3. The first-order valence-electron chi connectivity index (χ1n) is 10.8. The number of amides is 1. The summed E-state index contributed by atoms with van der Waals surface area (Å²) < 4.78 is 13.2. The number of carbonyl (C=O) groups is 1. The van der Waals surface area contributed by atoms with Crippen LogP contribution in [0.5, 0.6) is 0 Å². The molecule has 1 aromatic carbocycles. The van der Waals surface area contributed by atoms with Crippen molar-refractivity contribution in [2.75, 3.05) is 45.8 Å². The summed E-state index contributed by atoms with van der Waals surface area (Å²) in [5, 5.41) is 9.32. The Bertz CT molecular complexity index is 650. The Kier molecular flexibility index (Phi) is 13.7. The van der Waals surface area contributed by atoms with Gasteiger partial charge >= 0.3 is 0 Å². The normalized spacial score (nSPS) is 15.4. The van der Waals surface area contributed by atoms with E-state index in [-0.39, 0.29) is 42.1 Å². The first-order chi connectivity index (χ1) is 14.1. The van der Waals surface area contributed by atoms with Gasteiger partial charge < -0.3 is 20.9 Å². The van der Waals surface area contributed by atoms with Crippen LogP contribution in [0.2, 0.25) is 0 Å². The minimum atomic E-state index is -0.321. The molecule has 1 aliphatic heterocycles. The molecule has 1 heterocycles. The lowest BCUT2D eigenvalue weighted by atomic mass is 9.99. The van der Waals surface area contributed by atoms with Gasteiger partial charge in [-0.2, -0.15) is 0 Å². The van der Waals surface area contributed by atoms with Gasteiger partial charge in [-0.05, 0) is 69.4 Å². The van der Waals surface area contributed by atoms with Crippen molar-refractivity contribution < 1.29 is 9.18 Å². The number of carbonyl (C=O) groups excluding carboxylic acids is 1. The molecule has 0 saturated carbocycles. The molecule has 0 radical (unpaired) electrons. The van der Waals surface area contributed by atoms with Crippen LogP contribution in [0.3, 0.4) is 0 Å². The van der Waals surface area contributed by atoms with Crippen molar-refractivity contribution in [1.29, 1.82) is 0 Å². The molecule has 1 amide bonds. The van der Waals surface area contributed by atoms with Crippen LogP contribution in [0, 0.1) is 11.7 Å². The van der Waals surface area contributed by atoms with Crippen molar-refractivity contribution >= 4 is 35.8 Å². The van der Waals surface area contributed by atoms with Gasteiger partial charge in [0.15, 0.2) is 5.96 Å². The molecule has 3 N–H and O–H groups in total. The molecule has 0 spiro atoms. The van der Waals surface area contributed by atoms with Gasteiger partial charge in [0.25, 0.3) is 0 Å². The van der Waals surface area contributed by atoms with E-state index in [9.17, 15) is 9.18 Å². The Labute approximate surface area is 197 Å². The van der Waals surface area contributed by atoms with Crippen molar-refractivity contribution in [2.24, 2.45) is 10.9 Å². The van der Waals surface area contributed by atoms with E-state index in [0.717, 1.165) is 37.9 Å². The van der Waals surface area contributed by atoms with E-state index in [1.165, 1.54) is 38.1 Å². The maximum atomic E-state index is 13.2. The lowest BCUT2D eigenvalue weighted by Gasteiger charge is -2.29. The van der Waals surface area contributed by atoms with E-state index in [1.807, 2.05) is 6.92 Å². The highest BCUT2D eigenvalue weighted by molar-refractivity contribution is 14.0. The Morgan fingerprint density at radius 1 is 1.20 bits per heavy atom. The van der Waals surface area contributed by atoms with Crippen LogP contribution in [0.25, 0.3) is 0 Å². The molecular weight excluding hydrogens is 496 g/mol. The molecule has 0 aromatic heterocycles.